The van der Waals surface area contributed by atoms with Gasteiger partial charge in [0, 0.05) is 18.3 Å². The van der Waals surface area contributed by atoms with E-state index < -0.39 is 10.8 Å². The molecule has 0 aliphatic carbocycles. The lowest BCUT2D eigenvalue weighted by molar-refractivity contribution is -0.385. The van der Waals surface area contributed by atoms with Gasteiger partial charge in [-0.25, -0.2) is 0 Å². The summed E-state index contributed by atoms with van der Waals surface area (Å²) in [5.41, 5.74) is 0.323. The SMILES string of the molecule is Cn1ncc([N+](=O)[O-])c1C(=O)Nc1nn(Cc2ccccc2Cl)cc1Br. The van der Waals surface area contributed by atoms with Gasteiger partial charge in [0.25, 0.3) is 5.91 Å². The van der Waals surface area contributed by atoms with Crippen molar-refractivity contribution in [3.05, 3.63) is 67.5 Å². The van der Waals surface area contributed by atoms with Gasteiger partial charge in [-0.2, -0.15) is 10.2 Å². The van der Waals surface area contributed by atoms with E-state index in [-0.39, 0.29) is 17.2 Å². The topological polar surface area (TPSA) is 108 Å². The first-order chi connectivity index (χ1) is 12.4. The Morgan fingerprint density at radius 2 is 2.15 bits per heavy atom. The molecule has 11 heteroatoms. The van der Waals surface area contributed by atoms with Crippen molar-refractivity contribution in [2.75, 3.05) is 5.32 Å². The van der Waals surface area contributed by atoms with E-state index >= 15 is 0 Å². The molecule has 0 unspecified atom stereocenters. The van der Waals surface area contributed by atoms with Crippen molar-refractivity contribution in [2.45, 2.75) is 6.54 Å². The molecule has 0 aliphatic rings. The molecule has 26 heavy (non-hydrogen) atoms. The van der Waals surface area contributed by atoms with E-state index in [4.69, 9.17) is 11.6 Å². The first kappa shape index (κ1) is 18.1. The summed E-state index contributed by atoms with van der Waals surface area (Å²) < 4.78 is 3.27. The van der Waals surface area contributed by atoms with Gasteiger partial charge in [-0.05, 0) is 27.6 Å². The Balaban J connectivity index is 1.82. The second kappa shape index (κ2) is 7.26. The smallest absolute Gasteiger partial charge is 0.303 e. The molecular formula is C15H12BrClN6O3. The summed E-state index contributed by atoms with van der Waals surface area (Å²) >= 11 is 9.46. The highest BCUT2D eigenvalue weighted by Gasteiger charge is 2.26. The predicted molar refractivity (Wildman–Crippen MR) is 98.3 cm³/mol. The van der Waals surface area contributed by atoms with Crippen LogP contribution in [0.1, 0.15) is 16.1 Å². The van der Waals surface area contributed by atoms with Gasteiger partial charge >= 0.3 is 5.69 Å². The summed E-state index contributed by atoms with van der Waals surface area (Å²) in [7, 11) is 1.45. The number of anilines is 1. The van der Waals surface area contributed by atoms with E-state index in [0.717, 1.165) is 16.4 Å². The fourth-order valence-corrected chi connectivity index (χ4v) is 2.96. The van der Waals surface area contributed by atoms with E-state index in [0.29, 0.717) is 16.0 Å². The number of hydrogen-bond acceptors (Lipinski definition) is 5. The van der Waals surface area contributed by atoms with Gasteiger partial charge in [0.2, 0.25) is 5.69 Å². The second-order valence-electron chi connectivity index (χ2n) is 5.33. The largest absolute Gasteiger partial charge is 0.320 e. The van der Waals surface area contributed by atoms with Crippen LogP contribution in [0.25, 0.3) is 0 Å². The number of carbonyl (C=O) groups excluding carboxylic acids is 1. The van der Waals surface area contributed by atoms with Gasteiger partial charge in [-0.3, -0.25) is 24.3 Å². The molecule has 1 N–H and O–H groups in total. The third kappa shape index (κ3) is 3.60. The van der Waals surface area contributed by atoms with Gasteiger partial charge in [0.1, 0.15) is 6.20 Å². The van der Waals surface area contributed by atoms with E-state index in [9.17, 15) is 14.9 Å². The molecule has 0 saturated carbocycles. The standard InChI is InChI=1S/C15H12BrClN6O3/c1-21-13(12(6-18-21)23(25)26)15(24)19-14-10(16)8-22(20-14)7-9-4-2-3-5-11(9)17/h2-6,8H,7H2,1H3,(H,19,20,24). The fourth-order valence-electron chi connectivity index (χ4n) is 2.35. The van der Waals surface area contributed by atoms with Gasteiger partial charge in [0.15, 0.2) is 5.82 Å². The fraction of sp³-hybridized carbons (Fsp3) is 0.133. The summed E-state index contributed by atoms with van der Waals surface area (Å²) in [6.45, 7) is 0.403. The summed E-state index contributed by atoms with van der Waals surface area (Å²) in [5.74, 6) is -0.446. The molecule has 0 bridgehead atoms. The van der Waals surface area contributed by atoms with Crippen LogP contribution in [0.15, 0.2) is 41.1 Å². The Kier molecular flexibility index (Phi) is 5.05. The Labute approximate surface area is 160 Å². The van der Waals surface area contributed by atoms with Crippen LogP contribution in [0, 0.1) is 10.1 Å². The normalized spacial score (nSPS) is 10.7. The van der Waals surface area contributed by atoms with Crippen LogP contribution >= 0.6 is 27.5 Å². The molecule has 2 heterocycles. The molecule has 0 radical (unpaired) electrons. The number of amides is 1. The summed E-state index contributed by atoms with van der Waals surface area (Å²) in [6.07, 6.45) is 2.70. The zero-order valence-electron chi connectivity index (χ0n) is 13.4. The summed E-state index contributed by atoms with van der Waals surface area (Å²) in [5, 5.41) is 22.2. The van der Waals surface area contributed by atoms with Crippen molar-refractivity contribution < 1.29 is 9.72 Å². The lowest BCUT2D eigenvalue weighted by atomic mass is 10.2. The van der Waals surface area contributed by atoms with Crippen molar-refractivity contribution in [3.63, 3.8) is 0 Å². The average molecular weight is 440 g/mol. The van der Waals surface area contributed by atoms with Crippen LogP contribution in [-0.4, -0.2) is 30.4 Å². The Morgan fingerprint density at radius 1 is 1.42 bits per heavy atom. The second-order valence-corrected chi connectivity index (χ2v) is 6.59. The highest BCUT2D eigenvalue weighted by Crippen LogP contribution is 2.24. The molecule has 9 nitrogen and oxygen atoms in total. The monoisotopic (exact) mass is 438 g/mol. The summed E-state index contributed by atoms with van der Waals surface area (Å²) in [6, 6.07) is 7.34. The molecule has 1 aromatic carbocycles. The molecule has 134 valence electrons. The van der Waals surface area contributed by atoms with Gasteiger partial charge < -0.3 is 5.32 Å². The molecule has 0 atom stereocenters. The number of halogens is 2. The lowest BCUT2D eigenvalue weighted by Gasteiger charge is -2.04. The first-order valence-corrected chi connectivity index (χ1v) is 8.48. The zero-order valence-corrected chi connectivity index (χ0v) is 15.7. The van der Waals surface area contributed by atoms with Crippen LogP contribution in [0.2, 0.25) is 5.02 Å². The lowest BCUT2D eigenvalue weighted by Crippen LogP contribution is -2.18. The quantitative estimate of drug-likeness (QED) is 0.485. The molecule has 2 aromatic heterocycles. The maximum absolute atomic E-state index is 12.4. The minimum atomic E-state index is -0.680. The highest BCUT2D eigenvalue weighted by atomic mass is 79.9. The molecule has 3 rings (SSSR count). The number of nitrogens with one attached hydrogen (secondary N) is 1. The van der Waals surface area contributed by atoms with Crippen LogP contribution < -0.4 is 5.32 Å². The molecule has 0 spiro atoms. The number of benzene rings is 1. The van der Waals surface area contributed by atoms with Crippen molar-refractivity contribution in [1.82, 2.24) is 19.6 Å². The van der Waals surface area contributed by atoms with E-state index in [1.807, 2.05) is 18.2 Å². The molecule has 0 saturated heterocycles. The molecule has 0 aliphatic heterocycles. The Bertz CT molecular complexity index is 999. The van der Waals surface area contributed by atoms with Crippen LogP contribution in [0.4, 0.5) is 11.5 Å². The molecule has 1 amide bonds. The van der Waals surface area contributed by atoms with E-state index in [1.165, 1.54) is 7.05 Å². The number of rotatable bonds is 5. The average Bonchev–Trinajstić information content (AvgIpc) is 3.13. The highest BCUT2D eigenvalue weighted by molar-refractivity contribution is 9.10. The first-order valence-electron chi connectivity index (χ1n) is 7.31. The van der Waals surface area contributed by atoms with Gasteiger partial charge in [0.05, 0.1) is 15.9 Å². The maximum Gasteiger partial charge on any atom is 0.320 e. The van der Waals surface area contributed by atoms with Crippen LogP contribution in [0.3, 0.4) is 0 Å². The maximum atomic E-state index is 12.4. The molecule has 0 fully saturated rings. The summed E-state index contributed by atoms with van der Waals surface area (Å²) in [4.78, 5) is 22.8. The number of nitro groups is 1. The number of carbonyl (C=O) groups is 1. The Hall–Kier alpha value is -2.72. The zero-order chi connectivity index (χ0) is 18.8. The van der Waals surface area contributed by atoms with Crippen molar-refractivity contribution in [1.29, 1.82) is 0 Å². The van der Waals surface area contributed by atoms with E-state index in [1.54, 1.807) is 16.9 Å². The minimum Gasteiger partial charge on any atom is -0.303 e. The van der Waals surface area contributed by atoms with E-state index in [2.05, 4.69) is 31.4 Å². The van der Waals surface area contributed by atoms with Crippen molar-refractivity contribution >= 4 is 44.9 Å². The van der Waals surface area contributed by atoms with Crippen molar-refractivity contribution in [3.8, 4) is 0 Å². The molecular weight excluding hydrogens is 428 g/mol. The van der Waals surface area contributed by atoms with Crippen LogP contribution in [-0.2, 0) is 13.6 Å². The number of aromatic nitrogens is 4. The van der Waals surface area contributed by atoms with Crippen molar-refractivity contribution in [2.24, 2.45) is 7.05 Å². The van der Waals surface area contributed by atoms with Gasteiger partial charge in [-0.1, -0.05) is 29.8 Å². The third-order valence-electron chi connectivity index (χ3n) is 3.57. The number of hydrogen-bond donors (Lipinski definition) is 1. The molecule has 3 aromatic rings. The third-order valence-corrected chi connectivity index (χ3v) is 4.52. The predicted octanol–water partition coefficient (Wildman–Crippen LogP) is 3.24. The minimum absolute atomic E-state index is 0.164. The number of aryl methyl sites for hydroxylation is 1. The number of nitrogens with zero attached hydrogens (tertiary/aromatic N) is 5. The van der Waals surface area contributed by atoms with Crippen LogP contribution in [0.5, 0.6) is 0 Å². The van der Waals surface area contributed by atoms with Gasteiger partial charge in [-0.15, -0.1) is 0 Å². The Morgan fingerprint density at radius 3 is 2.85 bits per heavy atom.